The number of fused-ring (bicyclic) bond motifs is 1. The Balaban J connectivity index is 1.26. The normalized spacial score (nSPS) is 10.7. The zero-order valence-electron chi connectivity index (χ0n) is 15.5. The lowest BCUT2D eigenvalue weighted by Gasteiger charge is -2.06. The second-order valence-electron chi connectivity index (χ2n) is 6.26. The van der Waals surface area contributed by atoms with Gasteiger partial charge < -0.3 is 16.0 Å². The van der Waals surface area contributed by atoms with Crippen molar-refractivity contribution < 1.29 is 9.59 Å². The number of hydrogen-bond acceptors (Lipinski definition) is 6. The molecule has 152 valence electrons. The lowest BCUT2D eigenvalue weighted by Crippen LogP contribution is -2.28. The molecule has 0 atom stereocenters. The van der Waals surface area contributed by atoms with Gasteiger partial charge in [0.1, 0.15) is 12.2 Å². The summed E-state index contributed by atoms with van der Waals surface area (Å²) in [5.41, 5.74) is 1.98. The van der Waals surface area contributed by atoms with Crippen molar-refractivity contribution in [3.63, 3.8) is 0 Å². The van der Waals surface area contributed by atoms with Crippen LogP contribution in [0.15, 0.2) is 54.7 Å². The minimum Gasteiger partial charge on any atom is -0.332 e. The van der Waals surface area contributed by atoms with Crippen molar-refractivity contribution in [2.24, 2.45) is 0 Å². The molecule has 9 nitrogen and oxygen atoms in total. The predicted octanol–water partition coefficient (Wildman–Crippen LogP) is 3.50. The standard InChI is InChI=1S/C19H16ClN7O2S/c20-12-5-7-13(8-6-12)22-18(29)21-9-14-10-27(26-25-14)11-17(28)24-19-23-15-3-1-2-4-16(15)30-19/h1-8,10H,9,11H2,(H2,21,22,29)(H,23,24,28). The van der Waals surface area contributed by atoms with E-state index in [2.05, 4.69) is 31.2 Å². The quantitative estimate of drug-likeness (QED) is 0.423. The first-order valence-electron chi connectivity index (χ1n) is 8.90. The Kier molecular flexibility index (Phi) is 5.87. The highest BCUT2D eigenvalue weighted by molar-refractivity contribution is 7.22. The average Bonchev–Trinajstić information content (AvgIpc) is 3.34. The van der Waals surface area contributed by atoms with Crippen molar-refractivity contribution in [2.75, 3.05) is 10.6 Å². The second-order valence-corrected chi connectivity index (χ2v) is 7.72. The van der Waals surface area contributed by atoms with E-state index in [1.165, 1.54) is 16.0 Å². The van der Waals surface area contributed by atoms with Crippen LogP contribution in [-0.4, -0.2) is 31.9 Å². The van der Waals surface area contributed by atoms with Crippen molar-refractivity contribution >= 4 is 55.9 Å². The van der Waals surface area contributed by atoms with Gasteiger partial charge >= 0.3 is 6.03 Å². The fourth-order valence-corrected chi connectivity index (χ4v) is 3.62. The maximum Gasteiger partial charge on any atom is 0.319 e. The number of hydrogen-bond donors (Lipinski definition) is 3. The molecule has 0 radical (unpaired) electrons. The number of benzene rings is 2. The summed E-state index contributed by atoms with van der Waals surface area (Å²) in [4.78, 5) is 28.6. The number of aromatic nitrogens is 4. The van der Waals surface area contributed by atoms with Gasteiger partial charge in [0, 0.05) is 10.7 Å². The molecule has 0 spiro atoms. The molecular weight excluding hydrogens is 426 g/mol. The van der Waals surface area contributed by atoms with Gasteiger partial charge in [-0.1, -0.05) is 40.3 Å². The van der Waals surface area contributed by atoms with Crippen molar-refractivity contribution in [3.05, 3.63) is 65.4 Å². The van der Waals surface area contributed by atoms with Crippen molar-refractivity contribution in [1.82, 2.24) is 25.3 Å². The largest absolute Gasteiger partial charge is 0.332 e. The molecule has 11 heteroatoms. The maximum atomic E-state index is 12.2. The van der Waals surface area contributed by atoms with E-state index in [1.54, 1.807) is 30.5 Å². The number of nitrogens with one attached hydrogen (secondary N) is 3. The summed E-state index contributed by atoms with van der Waals surface area (Å²) in [5.74, 6) is -0.265. The van der Waals surface area contributed by atoms with E-state index in [0.29, 0.717) is 21.5 Å². The Labute approximate surface area is 180 Å². The summed E-state index contributed by atoms with van der Waals surface area (Å²) < 4.78 is 2.40. The topological polar surface area (TPSA) is 114 Å². The monoisotopic (exact) mass is 441 g/mol. The second kappa shape index (κ2) is 8.89. The molecule has 2 aromatic carbocycles. The Morgan fingerprint density at radius 3 is 2.67 bits per heavy atom. The fourth-order valence-electron chi connectivity index (χ4n) is 2.61. The summed E-state index contributed by atoms with van der Waals surface area (Å²) in [6.45, 7) is 0.152. The number of thiazole rings is 1. The molecule has 0 saturated heterocycles. The van der Waals surface area contributed by atoms with E-state index in [9.17, 15) is 9.59 Å². The number of carbonyl (C=O) groups is 2. The molecule has 4 aromatic rings. The van der Waals surface area contributed by atoms with Gasteiger partial charge in [-0.2, -0.15) is 0 Å². The zero-order chi connectivity index (χ0) is 20.9. The third-order valence-electron chi connectivity index (χ3n) is 3.96. The van der Waals surface area contributed by atoms with Crippen LogP contribution in [0.3, 0.4) is 0 Å². The zero-order valence-corrected chi connectivity index (χ0v) is 17.1. The molecule has 3 N–H and O–H groups in total. The van der Waals surface area contributed by atoms with Crippen LogP contribution in [0, 0.1) is 0 Å². The molecule has 0 saturated carbocycles. The minimum absolute atomic E-state index is 0.0140. The van der Waals surface area contributed by atoms with E-state index < -0.39 is 0 Å². The Hall–Kier alpha value is -3.50. The molecule has 0 unspecified atom stereocenters. The van der Waals surface area contributed by atoms with E-state index in [1.807, 2.05) is 24.3 Å². The van der Waals surface area contributed by atoms with Gasteiger partial charge in [-0.25, -0.2) is 14.5 Å². The molecule has 30 heavy (non-hydrogen) atoms. The molecule has 4 rings (SSSR count). The van der Waals surface area contributed by atoms with E-state index in [-0.39, 0.29) is 25.0 Å². The summed E-state index contributed by atoms with van der Waals surface area (Å²) in [5, 5.41) is 17.1. The number of para-hydroxylation sites is 1. The van der Waals surface area contributed by atoms with Crippen LogP contribution < -0.4 is 16.0 Å². The maximum absolute atomic E-state index is 12.2. The lowest BCUT2D eigenvalue weighted by molar-refractivity contribution is -0.116. The van der Waals surface area contributed by atoms with Crippen LogP contribution >= 0.6 is 22.9 Å². The van der Waals surface area contributed by atoms with Gasteiger partial charge in [-0.15, -0.1) is 5.10 Å². The van der Waals surface area contributed by atoms with E-state index in [4.69, 9.17) is 11.6 Å². The average molecular weight is 442 g/mol. The molecule has 0 fully saturated rings. The molecule has 0 aliphatic carbocycles. The molecule has 0 bridgehead atoms. The Morgan fingerprint density at radius 1 is 1.07 bits per heavy atom. The highest BCUT2D eigenvalue weighted by Gasteiger charge is 2.10. The van der Waals surface area contributed by atoms with Crippen LogP contribution in [0.25, 0.3) is 10.2 Å². The first-order chi connectivity index (χ1) is 14.5. The fraction of sp³-hybridized carbons (Fsp3) is 0.105. The smallest absolute Gasteiger partial charge is 0.319 e. The molecule has 2 heterocycles. The third-order valence-corrected chi connectivity index (χ3v) is 5.17. The number of carbonyl (C=O) groups excluding carboxylic acids is 2. The Bertz CT molecular complexity index is 1160. The number of halogens is 1. The van der Waals surface area contributed by atoms with Gasteiger partial charge in [-0.05, 0) is 36.4 Å². The van der Waals surface area contributed by atoms with Crippen molar-refractivity contribution in [3.8, 4) is 0 Å². The third kappa shape index (κ3) is 5.10. The van der Waals surface area contributed by atoms with Crippen LogP contribution in [0.2, 0.25) is 5.02 Å². The van der Waals surface area contributed by atoms with Crippen LogP contribution in [0.4, 0.5) is 15.6 Å². The molecule has 3 amide bonds. The van der Waals surface area contributed by atoms with Gasteiger partial charge in [0.15, 0.2) is 5.13 Å². The van der Waals surface area contributed by atoms with Gasteiger partial charge in [0.25, 0.3) is 0 Å². The van der Waals surface area contributed by atoms with Crippen LogP contribution in [0.5, 0.6) is 0 Å². The van der Waals surface area contributed by atoms with Crippen LogP contribution in [-0.2, 0) is 17.9 Å². The number of urea groups is 1. The summed E-state index contributed by atoms with van der Waals surface area (Å²) in [7, 11) is 0. The van der Waals surface area contributed by atoms with Crippen molar-refractivity contribution in [1.29, 1.82) is 0 Å². The van der Waals surface area contributed by atoms with Crippen LogP contribution in [0.1, 0.15) is 5.69 Å². The molecule has 2 aromatic heterocycles. The summed E-state index contributed by atoms with van der Waals surface area (Å²) in [6.07, 6.45) is 1.60. The van der Waals surface area contributed by atoms with Gasteiger partial charge in [-0.3, -0.25) is 4.79 Å². The first-order valence-corrected chi connectivity index (χ1v) is 10.1. The molecule has 0 aliphatic heterocycles. The number of anilines is 2. The van der Waals surface area contributed by atoms with Gasteiger partial charge in [0.05, 0.1) is 23.0 Å². The predicted molar refractivity (Wildman–Crippen MR) is 116 cm³/mol. The van der Waals surface area contributed by atoms with E-state index in [0.717, 1.165) is 10.2 Å². The minimum atomic E-state index is -0.388. The van der Waals surface area contributed by atoms with E-state index >= 15 is 0 Å². The lowest BCUT2D eigenvalue weighted by atomic mass is 10.3. The SMILES string of the molecule is O=C(Cn1cc(CNC(=O)Nc2ccc(Cl)cc2)nn1)Nc1nc2ccccc2s1. The Morgan fingerprint density at radius 2 is 1.87 bits per heavy atom. The highest BCUT2D eigenvalue weighted by Crippen LogP contribution is 2.25. The highest BCUT2D eigenvalue weighted by atomic mass is 35.5. The first kappa shape index (κ1) is 19.8. The molecular formula is C19H16ClN7O2S. The van der Waals surface area contributed by atoms with Gasteiger partial charge in [0.2, 0.25) is 5.91 Å². The van der Waals surface area contributed by atoms with Crippen molar-refractivity contribution in [2.45, 2.75) is 13.1 Å². The molecule has 0 aliphatic rings. The number of rotatable bonds is 6. The summed E-state index contributed by atoms with van der Waals surface area (Å²) in [6, 6.07) is 14.0. The number of nitrogens with zero attached hydrogens (tertiary/aromatic N) is 4. The number of amides is 3. The summed E-state index contributed by atoms with van der Waals surface area (Å²) >= 11 is 7.22.